The topological polar surface area (TPSA) is 90.8 Å². The first kappa shape index (κ1) is 18.1. The molecule has 4 rings (SSSR count). The Labute approximate surface area is 162 Å². The molecule has 1 aliphatic rings. The maximum Gasteiger partial charge on any atom is 0.283 e. The van der Waals surface area contributed by atoms with Crippen LogP contribution in [0, 0.1) is 0 Å². The molecule has 8 heteroatoms. The Hall–Kier alpha value is -3.29. The number of furan rings is 1. The lowest BCUT2D eigenvalue weighted by Gasteiger charge is -2.30. The van der Waals surface area contributed by atoms with E-state index in [1.165, 1.54) is 0 Å². The Bertz CT molecular complexity index is 914. The Kier molecular flexibility index (Phi) is 5.27. The van der Waals surface area contributed by atoms with Gasteiger partial charge in [-0.25, -0.2) is 0 Å². The first-order valence-corrected chi connectivity index (χ1v) is 9.15. The number of hydrogen-bond donors (Lipinski definition) is 0. The zero-order chi connectivity index (χ0) is 19.3. The first-order chi connectivity index (χ1) is 13.7. The highest BCUT2D eigenvalue weighted by Gasteiger charge is 2.28. The van der Waals surface area contributed by atoms with E-state index in [0.29, 0.717) is 42.1 Å². The molecule has 1 aromatic carbocycles. The van der Waals surface area contributed by atoms with E-state index in [4.69, 9.17) is 18.3 Å². The minimum atomic E-state index is -0.0388. The molecule has 0 radical (unpaired) electrons. The number of piperidine rings is 1. The molecule has 28 heavy (non-hydrogen) atoms. The van der Waals surface area contributed by atoms with Gasteiger partial charge in [0.15, 0.2) is 12.4 Å². The standard InChI is InChI=1S/C20H21N3O5/c1-25-15-4-2-5-16(12-15)27-13-18(24)23-9-7-14(8-10-23)19-21-22-20(28-19)17-6-3-11-26-17/h2-6,11-12,14H,7-10,13H2,1H3. The molecule has 1 saturated heterocycles. The van der Waals surface area contributed by atoms with Crippen LogP contribution in [0.15, 0.2) is 51.5 Å². The number of hydrogen-bond acceptors (Lipinski definition) is 7. The first-order valence-electron chi connectivity index (χ1n) is 9.15. The normalized spacial score (nSPS) is 14.8. The zero-order valence-corrected chi connectivity index (χ0v) is 15.5. The van der Waals surface area contributed by atoms with Crippen LogP contribution in [0.4, 0.5) is 0 Å². The van der Waals surface area contributed by atoms with Crippen molar-refractivity contribution in [2.45, 2.75) is 18.8 Å². The number of carbonyl (C=O) groups is 1. The van der Waals surface area contributed by atoms with E-state index in [-0.39, 0.29) is 18.4 Å². The number of likely N-dealkylation sites (tertiary alicyclic amines) is 1. The van der Waals surface area contributed by atoms with Gasteiger partial charge in [-0.15, -0.1) is 10.2 Å². The minimum absolute atomic E-state index is 0.00103. The molecule has 0 bridgehead atoms. The van der Waals surface area contributed by atoms with Gasteiger partial charge in [-0.2, -0.15) is 0 Å². The molecular weight excluding hydrogens is 362 g/mol. The second-order valence-corrected chi connectivity index (χ2v) is 6.55. The molecule has 1 fully saturated rings. The number of rotatable bonds is 6. The van der Waals surface area contributed by atoms with Gasteiger partial charge in [0.2, 0.25) is 5.89 Å². The summed E-state index contributed by atoms with van der Waals surface area (Å²) in [5.74, 6) is 2.93. The molecule has 3 heterocycles. The highest BCUT2D eigenvalue weighted by atomic mass is 16.5. The SMILES string of the molecule is COc1cccc(OCC(=O)N2CCC(c3nnc(-c4ccco4)o3)CC2)c1. The molecule has 1 aliphatic heterocycles. The van der Waals surface area contributed by atoms with Crippen LogP contribution in [0.1, 0.15) is 24.7 Å². The van der Waals surface area contributed by atoms with Crippen molar-refractivity contribution in [3.8, 4) is 23.1 Å². The van der Waals surface area contributed by atoms with Gasteiger partial charge in [-0.05, 0) is 37.1 Å². The summed E-state index contributed by atoms with van der Waals surface area (Å²) in [5.41, 5.74) is 0. The predicted octanol–water partition coefficient (Wildman–Crippen LogP) is 3.12. The molecule has 8 nitrogen and oxygen atoms in total. The third kappa shape index (κ3) is 4.00. The van der Waals surface area contributed by atoms with Crippen molar-refractivity contribution in [3.63, 3.8) is 0 Å². The Morgan fingerprint density at radius 3 is 2.75 bits per heavy atom. The van der Waals surface area contributed by atoms with Gasteiger partial charge in [0.1, 0.15) is 11.5 Å². The van der Waals surface area contributed by atoms with Crippen molar-refractivity contribution in [2.75, 3.05) is 26.8 Å². The average Bonchev–Trinajstić information content (AvgIpc) is 3.44. The maximum absolute atomic E-state index is 12.4. The highest BCUT2D eigenvalue weighted by Crippen LogP contribution is 2.29. The fourth-order valence-electron chi connectivity index (χ4n) is 3.20. The van der Waals surface area contributed by atoms with Crippen LogP contribution < -0.4 is 9.47 Å². The van der Waals surface area contributed by atoms with Crippen LogP contribution in [-0.4, -0.2) is 47.8 Å². The molecule has 0 N–H and O–H groups in total. The van der Waals surface area contributed by atoms with Crippen molar-refractivity contribution in [1.82, 2.24) is 15.1 Å². The van der Waals surface area contributed by atoms with E-state index in [1.807, 2.05) is 12.1 Å². The summed E-state index contributed by atoms with van der Waals surface area (Å²) in [7, 11) is 1.59. The van der Waals surface area contributed by atoms with Crippen LogP contribution in [0.5, 0.6) is 11.5 Å². The summed E-state index contributed by atoms with van der Waals surface area (Å²) in [4.78, 5) is 14.2. The maximum atomic E-state index is 12.4. The Morgan fingerprint density at radius 1 is 1.18 bits per heavy atom. The van der Waals surface area contributed by atoms with Crippen LogP contribution in [-0.2, 0) is 4.79 Å². The van der Waals surface area contributed by atoms with Crippen molar-refractivity contribution in [2.24, 2.45) is 0 Å². The van der Waals surface area contributed by atoms with E-state index in [9.17, 15) is 4.79 Å². The summed E-state index contributed by atoms with van der Waals surface area (Å²) in [6.07, 6.45) is 3.10. The predicted molar refractivity (Wildman–Crippen MR) is 99.0 cm³/mol. The molecule has 0 unspecified atom stereocenters. The molecular formula is C20H21N3O5. The third-order valence-electron chi connectivity index (χ3n) is 4.77. The summed E-state index contributed by atoms with van der Waals surface area (Å²) < 4.78 is 21.8. The molecule has 1 amide bonds. The molecule has 2 aromatic heterocycles. The second-order valence-electron chi connectivity index (χ2n) is 6.55. The van der Waals surface area contributed by atoms with E-state index in [1.54, 1.807) is 42.5 Å². The largest absolute Gasteiger partial charge is 0.497 e. The monoisotopic (exact) mass is 383 g/mol. The van der Waals surface area contributed by atoms with Crippen molar-refractivity contribution >= 4 is 5.91 Å². The number of nitrogens with zero attached hydrogens (tertiary/aromatic N) is 3. The quantitative estimate of drug-likeness (QED) is 0.646. The summed E-state index contributed by atoms with van der Waals surface area (Å²) in [6.45, 7) is 1.26. The lowest BCUT2D eigenvalue weighted by atomic mass is 9.97. The smallest absolute Gasteiger partial charge is 0.283 e. The zero-order valence-electron chi connectivity index (χ0n) is 15.5. The number of aromatic nitrogens is 2. The van der Waals surface area contributed by atoms with Crippen molar-refractivity contribution < 1.29 is 23.1 Å². The van der Waals surface area contributed by atoms with Gasteiger partial charge in [0.25, 0.3) is 11.8 Å². The van der Waals surface area contributed by atoms with Crippen LogP contribution >= 0.6 is 0 Å². The van der Waals surface area contributed by atoms with Crippen LogP contribution in [0.25, 0.3) is 11.7 Å². The average molecular weight is 383 g/mol. The van der Waals surface area contributed by atoms with E-state index in [0.717, 1.165) is 12.8 Å². The summed E-state index contributed by atoms with van der Waals surface area (Å²) in [6, 6.07) is 10.8. The van der Waals surface area contributed by atoms with Gasteiger partial charge >= 0.3 is 0 Å². The molecule has 0 spiro atoms. The molecule has 146 valence electrons. The molecule has 0 atom stereocenters. The van der Waals surface area contributed by atoms with Gasteiger partial charge in [0, 0.05) is 25.1 Å². The summed E-state index contributed by atoms with van der Waals surface area (Å²) in [5, 5.41) is 8.19. The van der Waals surface area contributed by atoms with E-state index < -0.39 is 0 Å². The van der Waals surface area contributed by atoms with Crippen molar-refractivity contribution in [1.29, 1.82) is 0 Å². The number of benzene rings is 1. The van der Waals surface area contributed by atoms with Crippen LogP contribution in [0.2, 0.25) is 0 Å². The van der Waals surface area contributed by atoms with Gasteiger partial charge in [-0.3, -0.25) is 4.79 Å². The van der Waals surface area contributed by atoms with E-state index in [2.05, 4.69) is 10.2 Å². The molecule has 0 aliphatic carbocycles. The third-order valence-corrected chi connectivity index (χ3v) is 4.77. The Balaban J connectivity index is 1.28. The fourth-order valence-corrected chi connectivity index (χ4v) is 3.20. The lowest BCUT2D eigenvalue weighted by Crippen LogP contribution is -2.40. The number of methoxy groups -OCH3 is 1. The van der Waals surface area contributed by atoms with Gasteiger partial charge in [0.05, 0.1) is 13.4 Å². The van der Waals surface area contributed by atoms with Gasteiger partial charge in [-0.1, -0.05) is 6.07 Å². The van der Waals surface area contributed by atoms with Gasteiger partial charge < -0.3 is 23.2 Å². The highest BCUT2D eigenvalue weighted by molar-refractivity contribution is 5.77. The van der Waals surface area contributed by atoms with E-state index >= 15 is 0 Å². The summed E-state index contributed by atoms with van der Waals surface area (Å²) >= 11 is 0. The second kappa shape index (κ2) is 8.16. The molecule has 3 aromatic rings. The minimum Gasteiger partial charge on any atom is -0.497 e. The number of amides is 1. The lowest BCUT2D eigenvalue weighted by molar-refractivity contribution is -0.134. The number of ether oxygens (including phenoxy) is 2. The number of carbonyl (C=O) groups excluding carboxylic acids is 1. The Morgan fingerprint density at radius 2 is 2.00 bits per heavy atom. The van der Waals surface area contributed by atoms with Crippen LogP contribution in [0.3, 0.4) is 0 Å². The fraction of sp³-hybridized carbons (Fsp3) is 0.350. The van der Waals surface area contributed by atoms with Crippen molar-refractivity contribution in [3.05, 3.63) is 48.6 Å². The molecule has 0 saturated carbocycles.